The maximum atomic E-state index is 12.9. The first kappa shape index (κ1) is 14.6. The monoisotopic (exact) mass is 339 g/mol. The van der Waals surface area contributed by atoms with Gasteiger partial charge in [0.15, 0.2) is 0 Å². The van der Waals surface area contributed by atoms with E-state index in [0.717, 1.165) is 26.2 Å². The molecule has 26 heavy (non-hydrogen) atoms. The van der Waals surface area contributed by atoms with Gasteiger partial charge in [-0.25, -0.2) is 4.79 Å². The summed E-state index contributed by atoms with van der Waals surface area (Å²) < 4.78 is 1.16. The van der Waals surface area contributed by atoms with E-state index in [2.05, 4.69) is 23.4 Å². The number of hydrogen-bond acceptors (Lipinski definition) is 3. The van der Waals surface area contributed by atoms with Crippen LogP contribution in [0.5, 0.6) is 0 Å². The molecule has 0 saturated heterocycles. The SMILES string of the molecule is O=C(c1ccc2cc3ccccc3cc2c1)n1n[n+]([O-])c2ccccc21. The molecule has 0 aliphatic rings. The van der Waals surface area contributed by atoms with Crippen molar-refractivity contribution in [2.45, 2.75) is 0 Å². The molecule has 0 atom stereocenters. The van der Waals surface area contributed by atoms with E-state index in [1.165, 1.54) is 0 Å². The molecule has 0 fully saturated rings. The quantitative estimate of drug-likeness (QED) is 0.266. The second-order valence-corrected chi connectivity index (χ2v) is 6.23. The second kappa shape index (κ2) is 5.39. The molecule has 4 aromatic carbocycles. The van der Waals surface area contributed by atoms with Gasteiger partial charge in [0.1, 0.15) is 5.21 Å². The van der Waals surface area contributed by atoms with E-state index in [1.807, 2.05) is 30.3 Å². The van der Waals surface area contributed by atoms with E-state index < -0.39 is 0 Å². The predicted molar refractivity (Wildman–Crippen MR) is 99.9 cm³/mol. The van der Waals surface area contributed by atoms with Crippen LogP contribution >= 0.6 is 0 Å². The minimum atomic E-state index is -0.328. The van der Waals surface area contributed by atoms with Crippen LogP contribution in [0, 0.1) is 5.21 Å². The lowest BCUT2D eigenvalue weighted by atomic mass is 10.0. The molecule has 1 aromatic heterocycles. The molecule has 0 bridgehead atoms. The van der Waals surface area contributed by atoms with E-state index in [9.17, 15) is 10.0 Å². The molecule has 1 heterocycles. The molecular formula is C21H13N3O2. The zero-order valence-corrected chi connectivity index (χ0v) is 13.7. The van der Waals surface area contributed by atoms with Gasteiger partial charge in [-0.05, 0) is 57.9 Å². The van der Waals surface area contributed by atoms with E-state index >= 15 is 0 Å². The van der Waals surface area contributed by atoms with Crippen LogP contribution in [0.25, 0.3) is 32.6 Å². The number of benzene rings is 4. The van der Waals surface area contributed by atoms with E-state index in [-0.39, 0.29) is 5.91 Å². The Kier molecular flexibility index (Phi) is 3.03. The van der Waals surface area contributed by atoms with Crippen molar-refractivity contribution >= 4 is 38.5 Å². The van der Waals surface area contributed by atoms with Gasteiger partial charge < -0.3 is 5.21 Å². The standard InChI is InChI=1S/C21H13N3O2/c25-21(23-19-7-3-4-8-20(19)24(26)22-23)17-10-9-16-11-14-5-1-2-6-15(14)12-18(16)13-17/h1-13H. The Morgan fingerprint density at radius 2 is 1.46 bits per heavy atom. The molecule has 5 nitrogen and oxygen atoms in total. The Bertz CT molecular complexity index is 1320. The van der Waals surface area contributed by atoms with E-state index in [4.69, 9.17) is 0 Å². The summed E-state index contributed by atoms with van der Waals surface area (Å²) in [4.78, 5) is 13.4. The first-order chi connectivity index (χ1) is 12.7. The van der Waals surface area contributed by atoms with Crippen LogP contribution in [-0.2, 0) is 0 Å². The van der Waals surface area contributed by atoms with Crippen LogP contribution < -0.4 is 4.85 Å². The fourth-order valence-electron chi connectivity index (χ4n) is 3.33. The number of nitrogens with zero attached hydrogens (tertiary/aromatic N) is 3. The third-order valence-corrected chi connectivity index (χ3v) is 4.63. The van der Waals surface area contributed by atoms with Crippen LogP contribution in [0.15, 0.2) is 78.9 Å². The molecule has 0 aliphatic carbocycles. The molecule has 5 heteroatoms. The molecular weight excluding hydrogens is 326 g/mol. The highest BCUT2D eigenvalue weighted by Crippen LogP contribution is 2.24. The number of carbonyl (C=O) groups excluding carboxylic acids is 1. The van der Waals surface area contributed by atoms with Gasteiger partial charge in [0.25, 0.3) is 0 Å². The van der Waals surface area contributed by atoms with Crippen molar-refractivity contribution in [1.29, 1.82) is 0 Å². The van der Waals surface area contributed by atoms with Crippen molar-refractivity contribution in [3.8, 4) is 0 Å². The fourth-order valence-corrected chi connectivity index (χ4v) is 3.33. The number of carbonyl (C=O) groups is 1. The Hall–Kier alpha value is -3.73. The number of para-hydroxylation sites is 2. The third-order valence-electron chi connectivity index (χ3n) is 4.63. The molecule has 0 unspecified atom stereocenters. The van der Waals surface area contributed by atoms with Crippen molar-refractivity contribution in [2.75, 3.05) is 0 Å². The molecule has 0 spiro atoms. The summed E-state index contributed by atoms with van der Waals surface area (Å²) >= 11 is 0. The first-order valence-electron chi connectivity index (χ1n) is 8.25. The third kappa shape index (κ3) is 2.14. The summed E-state index contributed by atoms with van der Waals surface area (Å²) in [6, 6.07) is 24.7. The lowest BCUT2D eigenvalue weighted by molar-refractivity contribution is -0.645. The lowest BCUT2D eigenvalue weighted by Crippen LogP contribution is -2.31. The molecule has 0 amide bonds. The average molecular weight is 339 g/mol. The van der Waals surface area contributed by atoms with Gasteiger partial charge in [-0.1, -0.05) is 47.1 Å². The average Bonchev–Trinajstić information content (AvgIpc) is 3.02. The van der Waals surface area contributed by atoms with Crippen LogP contribution in [0.1, 0.15) is 10.4 Å². The maximum absolute atomic E-state index is 12.9. The Labute approximate surface area is 148 Å². The van der Waals surface area contributed by atoms with Crippen LogP contribution in [-0.4, -0.2) is 15.8 Å². The zero-order chi connectivity index (χ0) is 17.7. The molecule has 5 aromatic rings. The first-order valence-corrected chi connectivity index (χ1v) is 8.25. The topological polar surface area (TPSA) is 61.8 Å². The van der Waals surface area contributed by atoms with Gasteiger partial charge in [0.2, 0.25) is 11.0 Å². The molecule has 124 valence electrons. The summed E-state index contributed by atoms with van der Waals surface area (Å²) in [6.07, 6.45) is 0. The highest BCUT2D eigenvalue weighted by Gasteiger charge is 2.22. The van der Waals surface area contributed by atoms with Gasteiger partial charge in [-0.3, -0.25) is 0 Å². The highest BCUT2D eigenvalue weighted by atomic mass is 16.5. The van der Waals surface area contributed by atoms with Gasteiger partial charge in [-0.2, -0.15) is 0 Å². The molecule has 0 aliphatic heterocycles. The van der Waals surface area contributed by atoms with Crippen molar-refractivity contribution in [3.05, 3.63) is 89.6 Å². The van der Waals surface area contributed by atoms with Crippen LogP contribution in [0.2, 0.25) is 0 Å². The van der Waals surface area contributed by atoms with Gasteiger partial charge >= 0.3 is 5.91 Å². The summed E-state index contributed by atoms with van der Waals surface area (Å²) in [5, 5.41) is 20.1. The predicted octanol–water partition coefficient (Wildman–Crippen LogP) is 3.66. The Morgan fingerprint density at radius 3 is 2.27 bits per heavy atom. The summed E-state index contributed by atoms with van der Waals surface area (Å²) in [5.41, 5.74) is 1.35. The molecule has 0 radical (unpaired) electrons. The molecule has 5 rings (SSSR count). The number of rotatable bonds is 1. The van der Waals surface area contributed by atoms with Gasteiger partial charge in [0.05, 0.1) is 5.56 Å². The molecule has 0 N–H and O–H groups in total. The van der Waals surface area contributed by atoms with Crippen molar-refractivity contribution in [2.24, 2.45) is 0 Å². The lowest BCUT2D eigenvalue weighted by Gasteiger charge is -2.04. The van der Waals surface area contributed by atoms with E-state index in [1.54, 1.807) is 30.3 Å². The zero-order valence-electron chi connectivity index (χ0n) is 13.7. The smallest absolute Gasteiger partial charge is 0.366 e. The summed E-state index contributed by atoms with van der Waals surface area (Å²) in [6.45, 7) is 0. The van der Waals surface area contributed by atoms with Gasteiger partial charge in [0, 0.05) is 0 Å². The number of hydrogen-bond donors (Lipinski definition) is 0. The normalized spacial score (nSPS) is 11.4. The van der Waals surface area contributed by atoms with Crippen LogP contribution in [0.3, 0.4) is 0 Å². The van der Waals surface area contributed by atoms with Crippen molar-refractivity contribution < 1.29 is 9.64 Å². The molecule has 0 saturated carbocycles. The highest BCUT2D eigenvalue weighted by molar-refractivity contribution is 6.05. The van der Waals surface area contributed by atoms with Gasteiger partial charge in [-0.15, -0.1) is 4.85 Å². The fraction of sp³-hybridized carbons (Fsp3) is 0. The van der Waals surface area contributed by atoms with Crippen molar-refractivity contribution in [3.63, 3.8) is 0 Å². The Morgan fingerprint density at radius 1 is 0.808 bits per heavy atom. The van der Waals surface area contributed by atoms with Crippen molar-refractivity contribution in [1.82, 2.24) is 9.90 Å². The summed E-state index contributed by atoms with van der Waals surface area (Å²) in [7, 11) is 0. The minimum absolute atomic E-state index is 0.328. The second-order valence-electron chi connectivity index (χ2n) is 6.23. The Balaban J connectivity index is 1.68. The number of aromatic nitrogens is 3. The van der Waals surface area contributed by atoms with Crippen LogP contribution in [0.4, 0.5) is 0 Å². The maximum Gasteiger partial charge on any atom is 0.366 e. The summed E-state index contributed by atoms with van der Waals surface area (Å²) in [5.74, 6) is -0.328. The minimum Gasteiger partial charge on any atom is -0.691 e. The number of fused-ring (bicyclic) bond motifs is 3. The largest absolute Gasteiger partial charge is 0.691 e. The van der Waals surface area contributed by atoms with E-state index in [0.29, 0.717) is 21.4 Å².